The molecule has 1 aromatic carbocycles. The summed E-state index contributed by atoms with van der Waals surface area (Å²) >= 11 is 0. The van der Waals surface area contributed by atoms with E-state index in [9.17, 15) is 4.79 Å². The van der Waals surface area contributed by atoms with Crippen LogP contribution < -0.4 is 5.32 Å². The highest BCUT2D eigenvalue weighted by atomic mass is 16.4. The summed E-state index contributed by atoms with van der Waals surface area (Å²) in [7, 11) is 0. The van der Waals surface area contributed by atoms with E-state index in [4.69, 9.17) is 5.11 Å². The van der Waals surface area contributed by atoms with E-state index < -0.39 is 5.97 Å². The molecule has 3 heteroatoms. The van der Waals surface area contributed by atoms with Gasteiger partial charge in [-0.3, -0.25) is 0 Å². The van der Waals surface area contributed by atoms with E-state index in [1.165, 1.54) is 0 Å². The van der Waals surface area contributed by atoms with Crippen LogP contribution in [0.1, 0.15) is 49.5 Å². The van der Waals surface area contributed by atoms with Crippen LogP contribution in [0.4, 0.5) is 5.69 Å². The molecule has 1 rings (SSSR count). The van der Waals surface area contributed by atoms with E-state index in [-0.39, 0.29) is 5.54 Å². The summed E-state index contributed by atoms with van der Waals surface area (Å²) in [5.74, 6) is -0.873. The van der Waals surface area contributed by atoms with Crippen molar-refractivity contribution in [1.82, 2.24) is 0 Å². The van der Waals surface area contributed by atoms with Crippen molar-refractivity contribution in [2.75, 3.05) is 5.32 Å². The lowest BCUT2D eigenvalue weighted by Gasteiger charge is -2.27. The smallest absolute Gasteiger partial charge is 0.335 e. The van der Waals surface area contributed by atoms with Crippen molar-refractivity contribution in [2.45, 2.75) is 46.1 Å². The molecule has 94 valence electrons. The molecule has 17 heavy (non-hydrogen) atoms. The van der Waals surface area contributed by atoms with E-state index in [0.29, 0.717) is 5.56 Å². The minimum atomic E-state index is -0.873. The molecule has 0 fully saturated rings. The minimum absolute atomic E-state index is 0.0337. The molecule has 0 radical (unpaired) electrons. The maximum absolute atomic E-state index is 10.9. The van der Waals surface area contributed by atoms with Crippen LogP contribution in [0, 0.1) is 6.92 Å². The number of aryl methyl sites for hydroxylation is 1. The summed E-state index contributed by atoms with van der Waals surface area (Å²) in [6.45, 7) is 8.28. The van der Waals surface area contributed by atoms with Gasteiger partial charge in [0.1, 0.15) is 0 Å². The number of benzene rings is 1. The normalized spacial score (nSPS) is 11.3. The van der Waals surface area contributed by atoms with Crippen LogP contribution >= 0.6 is 0 Å². The van der Waals surface area contributed by atoms with Gasteiger partial charge in [-0.25, -0.2) is 4.79 Å². The Hall–Kier alpha value is -1.51. The molecular formula is C14H21NO2. The standard InChI is InChI=1S/C14H21NO2/c1-5-8-14(3,4)15-11-6-7-12(13(16)17)10(2)9-11/h6-7,9,15H,5,8H2,1-4H3,(H,16,17). The van der Waals surface area contributed by atoms with Crippen molar-refractivity contribution in [2.24, 2.45) is 0 Å². The Morgan fingerprint density at radius 2 is 2.06 bits per heavy atom. The van der Waals surface area contributed by atoms with E-state index in [1.54, 1.807) is 6.07 Å². The second-order valence-corrected chi connectivity index (χ2v) is 5.09. The van der Waals surface area contributed by atoms with Gasteiger partial charge in [0, 0.05) is 11.2 Å². The summed E-state index contributed by atoms with van der Waals surface area (Å²) in [5, 5.41) is 12.4. The Balaban J connectivity index is 2.88. The third kappa shape index (κ3) is 3.77. The van der Waals surface area contributed by atoms with E-state index in [1.807, 2.05) is 19.1 Å². The number of nitrogens with one attached hydrogen (secondary N) is 1. The van der Waals surface area contributed by atoms with Crippen molar-refractivity contribution >= 4 is 11.7 Å². The largest absolute Gasteiger partial charge is 0.478 e. The molecule has 0 saturated heterocycles. The van der Waals surface area contributed by atoms with E-state index in [0.717, 1.165) is 24.1 Å². The lowest BCUT2D eigenvalue weighted by Crippen LogP contribution is -2.30. The molecule has 0 unspecified atom stereocenters. The molecule has 0 atom stereocenters. The maximum Gasteiger partial charge on any atom is 0.335 e. The predicted molar refractivity (Wildman–Crippen MR) is 70.7 cm³/mol. The highest BCUT2D eigenvalue weighted by Crippen LogP contribution is 2.22. The molecule has 0 spiro atoms. The lowest BCUT2D eigenvalue weighted by atomic mass is 9.98. The summed E-state index contributed by atoms with van der Waals surface area (Å²) < 4.78 is 0. The third-order valence-electron chi connectivity index (χ3n) is 2.81. The van der Waals surface area contributed by atoms with Gasteiger partial charge in [-0.1, -0.05) is 13.3 Å². The Morgan fingerprint density at radius 1 is 1.41 bits per heavy atom. The number of rotatable bonds is 5. The van der Waals surface area contributed by atoms with Gasteiger partial charge in [-0.15, -0.1) is 0 Å². The van der Waals surface area contributed by atoms with Crippen LogP contribution in [-0.4, -0.2) is 16.6 Å². The molecule has 0 aliphatic rings. The summed E-state index contributed by atoms with van der Waals surface area (Å²) in [6.07, 6.45) is 2.19. The minimum Gasteiger partial charge on any atom is -0.478 e. The fourth-order valence-corrected chi connectivity index (χ4v) is 2.06. The van der Waals surface area contributed by atoms with Gasteiger partial charge in [-0.05, 0) is 51.0 Å². The van der Waals surface area contributed by atoms with Crippen LogP contribution in [0.2, 0.25) is 0 Å². The summed E-state index contributed by atoms with van der Waals surface area (Å²) in [5.41, 5.74) is 2.16. The highest BCUT2D eigenvalue weighted by Gasteiger charge is 2.16. The molecule has 0 amide bonds. The quantitative estimate of drug-likeness (QED) is 0.818. The number of carbonyl (C=O) groups is 1. The second-order valence-electron chi connectivity index (χ2n) is 5.09. The lowest BCUT2D eigenvalue weighted by molar-refractivity contribution is 0.0696. The molecule has 0 bridgehead atoms. The first kappa shape index (κ1) is 13.6. The Morgan fingerprint density at radius 3 is 2.53 bits per heavy atom. The van der Waals surface area contributed by atoms with Gasteiger partial charge in [0.15, 0.2) is 0 Å². The molecule has 0 aliphatic carbocycles. The topological polar surface area (TPSA) is 49.3 Å². The van der Waals surface area contributed by atoms with Crippen LogP contribution in [0.15, 0.2) is 18.2 Å². The van der Waals surface area contributed by atoms with Crippen molar-refractivity contribution < 1.29 is 9.90 Å². The molecule has 0 aliphatic heterocycles. The average molecular weight is 235 g/mol. The fourth-order valence-electron chi connectivity index (χ4n) is 2.06. The van der Waals surface area contributed by atoms with Gasteiger partial charge in [0.2, 0.25) is 0 Å². The van der Waals surface area contributed by atoms with E-state index >= 15 is 0 Å². The van der Waals surface area contributed by atoms with Crippen LogP contribution in [-0.2, 0) is 0 Å². The molecule has 0 saturated carbocycles. The van der Waals surface area contributed by atoms with Gasteiger partial charge in [0.05, 0.1) is 5.56 Å². The summed E-state index contributed by atoms with van der Waals surface area (Å²) in [4.78, 5) is 10.9. The molecule has 3 nitrogen and oxygen atoms in total. The first-order valence-corrected chi connectivity index (χ1v) is 5.98. The molecule has 1 aromatic rings. The summed E-state index contributed by atoms with van der Waals surface area (Å²) in [6, 6.07) is 5.37. The molecule has 0 heterocycles. The van der Waals surface area contributed by atoms with Crippen LogP contribution in [0.5, 0.6) is 0 Å². The van der Waals surface area contributed by atoms with Crippen LogP contribution in [0.25, 0.3) is 0 Å². The number of hydrogen-bond donors (Lipinski definition) is 2. The zero-order valence-electron chi connectivity index (χ0n) is 11.0. The second kappa shape index (κ2) is 5.21. The number of carboxylic acids is 1. The molecular weight excluding hydrogens is 214 g/mol. The molecule has 0 aromatic heterocycles. The number of hydrogen-bond acceptors (Lipinski definition) is 2. The van der Waals surface area contributed by atoms with Gasteiger partial charge in [-0.2, -0.15) is 0 Å². The predicted octanol–water partition coefficient (Wildman–Crippen LogP) is 3.68. The number of anilines is 1. The fraction of sp³-hybridized carbons (Fsp3) is 0.500. The first-order valence-electron chi connectivity index (χ1n) is 5.98. The number of aromatic carboxylic acids is 1. The monoisotopic (exact) mass is 235 g/mol. The molecule has 2 N–H and O–H groups in total. The van der Waals surface area contributed by atoms with Gasteiger partial charge in [0.25, 0.3) is 0 Å². The van der Waals surface area contributed by atoms with Crippen molar-refractivity contribution in [3.63, 3.8) is 0 Å². The Labute approximate surface area is 103 Å². The number of carboxylic acid groups (broad SMARTS) is 1. The first-order chi connectivity index (χ1) is 7.85. The maximum atomic E-state index is 10.9. The van der Waals surface area contributed by atoms with Gasteiger partial charge < -0.3 is 10.4 Å². The third-order valence-corrected chi connectivity index (χ3v) is 2.81. The van der Waals surface area contributed by atoms with E-state index in [2.05, 4.69) is 26.1 Å². The van der Waals surface area contributed by atoms with Crippen molar-refractivity contribution in [1.29, 1.82) is 0 Å². The van der Waals surface area contributed by atoms with Crippen LogP contribution in [0.3, 0.4) is 0 Å². The van der Waals surface area contributed by atoms with Gasteiger partial charge >= 0.3 is 5.97 Å². The average Bonchev–Trinajstić information content (AvgIpc) is 2.15. The zero-order chi connectivity index (χ0) is 13.1. The van der Waals surface area contributed by atoms with Crippen molar-refractivity contribution in [3.8, 4) is 0 Å². The SMILES string of the molecule is CCCC(C)(C)Nc1ccc(C(=O)O)c(C)c1. The zero-order valence-corrected chi connectivity index (χ0v) is 11.0. The highest BCUT2D eigenvalue weighted by molar-refractivity contribution is 5.89. The Kier molecular flexibility index (Phi) is 4.16. The van der Waals surface area contributed by atoms with Crippen molar-refractivity contribution in [3.05, 3.63) is 29.3 Å². The Bertz CT molecular complexity index is 411.